The van der Waals surface area contributed by atoms with Crippen LogP contribution < -0.4 is 5.56 Å². The number of nitrogens with zero attached hydrogens (tertiary/aromatic N) is 2. The summed E-state index contributed by atoms with van der Waals surface area (Å²) in [6, 6.07) is 0.818. The Labute approximate surface area is 204 Å². The van der Waals surface area contributed by atoms with Gasteiger partial charge in [0.25, 0.3) is 5.56 Å². The van der Waals surface area contributed by atoms with Gasteiger partial charge in [0.15, 0.2) is 24.1 Å². The Hall–Kier alpha value is -1.67. The zero-order valence-corrected chi connectivity index (χ0v) is 20.0. The van der Waals surface area contributed by atoms with Crippen LogP contribution in [0.15, 0.2) is 17.2 Å². The van der Waals surface area contributed by atoms with Gasteiger partial charge in [0.05, 0.1) is 24.9 Å². The molecule has 4 rings (SSSR count). The van der Waals surface area contributed by atoms with E-state index in [0.29, 0.717) is 4.57 Å². The van der Waals surface area contributed by atoms with Crippen LogP contribution in [0.1, 0.15) is 6.23 Å². The van der Waals surface area contributed by atoms with E-state index in [-0.39, 0.29) is 11.0 Å². The number of H-pyrrole nitrogens is 1. The third-order valence-corrected chi connectivity index (χ3v) is 8.13. The molecule has 2 aromatic heterocycles. The van der Waals surface area contributed by atoms with Crippen LogP contribution >= 0.6 is 15.6 Å². The second-order valence-corrected chi connectivity index (χ2v) is 11.1. The molecule has 10 atom stereocenters. The highest BCUT2D eigenvalue weighted by Gasteiger charge is 2.47. The molecule has 2 saturated heterocycles. The Morgan fingerprint density at radius 3 is 2.11 bits per heavy atom. The number of aromatic nitrogens is 3. The van der Waals surface area contributed by atoms with Crippen LogP contribution in [-0.2, 0) is 32.0 Å². The van der Waals surface area contributed by atoms with E-state index in [4.69, 9.17) is 9.47 Å². The molecule has 0 saturated carbocycles. The maximum Gasteiger partial charge on any atom is 0.481 e. The van der Waals surface area contributed by atoms with Crippen molar-refractivity contribution in [3.8, 4) is 0 Å². The van der Waals surface area contributed by atoms with Crippen LogP contribution in [0, 0.1) is 5.95 Å². The van der Waals surface area contributed by atoms with Crippen molar-refractivity contribution in [2.45, 2.75) is 49.1 Å². The summed E-state index contributed by atoms with van der Waals surface area (Å²) in [7, 11) is -10.8. The first-order valence-corrected chi connectivity index (χ1v) is 13.3. The molecule has 8 N–H and O–H groups in total. The SMILES string of the molecule is O=c1[nH]cnc2c1cc(F)n2[C@@H]1O[C@H](COP(=O)(O)OP(=O)(O)OC[C@H]2OC(O)[C@H](O)[C@@H]2O)[C@@H](O)[C@H]1O. The first kappa shape index (κ1) is 28.3. The fraction of sp³-hybridized carbons (Fsp3) is 0.625. The summed E-state index contributed by atoms with van der Waals surface area (Å²) in [4.78, 5) is 37.3. The van der Waals surface area contributed by atoms with E-state index in [0.717, 1.165) is 12.4 Å². The van der Waals surface area contributed by atoms with Gasteiger partial charge in [-0.05, 0) is 0 Å². The van der Waals surface area contributed by atoms with Crippen LogP contribution in [0.2, 0.25) is 0 Å². The molecular formula is C16H22FN3O15P2. The summed E-state index contributed by atoms with van der Waals surface area (Å²) >= 11 is 0. The molecule has 208 valence electrons. The molecule has 2 aliphatic rings. The largest absolute Gasteiger partial charge is 0.481 e. The molecule has 2 aliphatic heterocycles. The summed E-state index contributed by atoms with van der Waals surface area (Å²) < 4.78 is 62.4. The summed E-state index contributed by atoms with van der Waals surface area (Å²) in [5.41, 5.74) is -0.920. The van der Waals surface area contributed by atoms with Crippen molar-refractivity contribution in [3.63, 3.8) is 0 Å². The highest BCUT2D eigenvalue weighted by atomic mass is 31.3. The van der Waals surface area contributed by atoms with E-state index < -0.39 is 89.5 Å². The lowest BCUT2D eigenvalue weighted by Gasteiger charge is -2.20. The zero-order chi connectivity index (χ0) is 27.3. The van der Waals surface area contributed by atoms with Crippen LogP contribution in [0.25, 0.3) is 11.0 Å². The molecule has 0 amide bonds. The number of phosphoric ester groups is 2. The van der Waals surface area contributed by atoms with Gasteiger partial charge >= 0.3 is 15.6 Å². The molecule has 0 radical (unpaired) electrons. The first-order valence-electron chi connectivity index (χ1n) is 10.3. The number of halogens is 1. The highest BCUT2D eigenvalue weighted by Crippen LogP contribution is 2.60. The summed E-state index contributed by atoms with van der Waals surface area (Å²) in [6.07, 6.45) is -12.6. The number of fused-ring (bicyclic) bond motifs is 1. The molecule has 0 bridgehead atoms. The van der Waals surface area contributed by atoms with E-state index in [1.54, 1.807) is 0 Å². The topological polar surface area (TPSA) is 273 Å². The van der Waals surface area contributed by atoms with Crippen LogP contribution in [0.4, 0.5) is 4.39 Å². The fourth-order valence-electron chi connectivity index (χ4n) is 3.71. The number of aliphatic hydroxyl groups excluding tert-OH is 5. The maximum absolute atomic E-state index is 14.5. The quantitative estimate of drug-likeness (QED) is 0.140. The van der Waals surface area contributed by atoms with Gasteiger partial charge in [-0.1, -0.05) is 0 Å². The van der Waals surface area contributed by atoms with Gasteiger partial charge < -0.3 is 49.8 Å². The van der Waals surface area contributed by atoms with Crippen molar-refractivity contribution in [3.05, 3.63) is 28.7 Å². The molecule has 21 heteroatoms. The molecule has 0 aromatic carbocycles. The Balaban J connectivity index is 1.37. The van der Waals surface area contributed by atoms with Crippen molar-refractivity contribution in [1.82, 2.24) is 14.5 Å². The van der Waals surface area contributed by atoms with Gasteiger partial charge in [-0.25, -0.2) is 14.1 Å². The van der Waals surface area contributed by atoms with Crippen molar-refractivity contribution < 1.29 is 71.7 Å². The molecule has 4 heterocycles. The number of hydrogen-bond acceptors (Lipinski definition) is 14. The number of nitrogens with one attached hydrogen (secondary N) is 1. The molecule has 2 aromatic rings. The lowest BCUT2D eigenvalue weighted by atomic mass is 10.1. The summed E-state index contributed by atoms with van der Waals surface area (Å²) in [5.74, 6) is -1.05. The predicted molar refractivity (Wildman–Crippen MR) is 112 cm³/mol. The number of aliphatic hydroxyl groups is 5. The summed E-state index contributed by atoms with van der Waals surface area (Å²) in [6.45, 7) is -1.96. The molecule has 3 unspecified atom stereocenters. The Bertz CT molecular complexity index is 1290. The highest BCUT2D eigenvalue weighted by molar-refractivity contribution is 7.61. The van der Waals surface area contributed by atoms with Gasteiger partial charge in [0, 0.05) is 6.07 Å². The minimum atomic E-state index is -5.40. The van der Waals surface area contributed by atoms with Crippen LogP contribution in [0.5, 0.6) is 0 Å². The van der Waals surface area contributed by atoms with Gasteiger partial charge in [-0.2, -0.15) is 8.70 Å². The van der Waals surface area contributed by atoms with Gasteiger partial charge in [0.1, 0.15) is 36.6 Å². The molecule has 37 heavy (non-hydrogen) atoms. The van der Waals surface area contributed by atoms with E-state index in [2.05, 4.69) is 23.3 Å². The third-order valence-electron chi connectivity index (χ3n) is 5.53. The molecule has 2 fully saturated rings. The first-order chi connectivity index (χ1) is 17.2. The summed E-state index contributed by atoms with van der Waals surface area (Å²) in [5, 5.41) is 48.7. The minimum Gasteiger partial charge on any atom is -0.387 e. The van der Waals surface area contributed by atoms with Gasteiger partial charge in [-0.3, -0.25) is 18.4 Å². The van der Waals surface area contributed by atoms with Crippen molar-refractivity contribution in [2.75, 3.05) is 13.2 Å². The van der Waals surface area contributed by atoms with E-state index in [1.807, 2.05) is 0 Å². The molecular weight excluding hydrogens is 555 g/mol. The lowest BCUT2D eigenvalue weighted by Crippen LogP contribution is -2.34. The van der Waals surface area contributed by atoms with E-state index in [9.17, 15) is 53.6 Å². The zero-order valence-electron chi connectivity index (χ0n) is 18.3. The van der Waals surface area contributed by atoms with Crippen LogP contribution in [-0.4, -0.2) is 106 Å². The van der Waals surface area contributed by atoms with Gasteiger partial charge in [0.2, 0.25) is 0 Å². The van der Waals surface area contributed by atoms with Crippen molar-refractivity contribution in [2.24, 2.45) is 0 Å². The Morgan fingerprint density at radius 1 is 0.973 bits per heavy atom. The number of aromatic amines is 1. The number of rotatable bonds is 9. The normalized spacial score (nSPS) is 35.6. The standard InChI is InChI=1S/C16H22FN3O15P2/c17-8-1-5-13(18-4-19-14(5)25)20(8)15-11(23)9(21)6(33-15)2-31-36(27,28)35-37(29,30)32-3-7-10(22)12(24)16(26)34-7/h1,4,6-7,9-12,15-16,21-24,26H,2-3H2,(H,27,28)(H,29,30)(H,18,19,25)/t6-,7-,9-,10-,11-,12-,15-,16?/m1/s1. The van der Waals surface area contributed by atoms with Crippen molar-refractivity contribution in [1.29, 1.82) is 0 Å². The molecule has 0 aliphatic carbocycles. The van der Waals surface area contributed by atoms with E-state index >= 15 is 0 Å². The number of hydrogen-bond donors (Lipinski definition) is 8. The minimum absolute atomic E-state index is 0.184. The molecule has 0 spiro atoms. The van der Waals surface area contributed by atoms with E-state index in [1.165, 1.54) is 0 Å². The smallest absolute Gasteiger partial charge is 0.387 e. The molecule has 18 nitrogen and oxygen atoms in total. The predicted octanol–water partition coefficient (Wildman–Crippen LogP) is -2.83. The Kier molecular flexibility index (Phi) is 8.03. The maximum atomic E-state index is 14.5. The number of ether oxygens (including phenoxy) is 2. The van der Waals surface area contributed by atoms with Crippen LogP contribution in [0.3, 0.4) is 0 Å². The fourth-order valence-corrected chi connectivity index (χ4v) is 5.81. The monoisotopic (exact) mass is 577 g/mol. The third kappa shape index (κ3) is 5.85. The lowest BCUT2D eigenvalue weighted by molar-refractivity contribution is -0.132. The van der Waals surface area contributed by atoms with Gasteiger partial charge in [-0.15, -0.1) is 0 Å². The average Bonchev–Trinajstić information content (AvgIpc) is 3.38. The van der Waals surface area contributed by atoms with Crippen molar-refractivity contribution >= 4 is 26.7 Å². The second kappa shape index (κ2) is 10.5. The second-order valence-electron chi connectivity index (χ2n) is 8.01. The number of phosphoric acid groups is 2. The Morgan fingerprint density at radius 2 is 1.54 bits per heavy atom. The average molecular weight is 577 g/mol.